The summed E-state index contributed by atoms with van der Waals surface area (Å²) < 4.78 is 1.60. The van der Waals surface area contributed by atoms with E-state index in [1.54, 1.807) is 11.7 Å². The summed E-state index contributed by atoms with van der Waals surface area (Å²) >= 11 is 0. The highest BCUT2D eigenvalue weighted by atomic mass is 16.3. The number of hydrogen-bond donors (Lipinski definition) is 2. The summed E-state index contributed by atoms with van der Waals surface area (Å²) in [5.74, 6) is -0.143. The zero-order valence-electron chi connectivity index (χ0n) is 11.0. The van der Waals surface area contributed by atoms with Gasteiger partial charge in [-0.2, -0.15) is 5.10 Å². The van der Waals surface area contributed by atoms with Gasteiger partial charge in [0.1, 0.15) is 5.69 Å². The fourth-order valence-electron chi connectivity index (χ4n) is 2.43. The van der Waals surface area contributed by atoms with Gasteiger partial charge in [-0.15, -0.1) is 0 Å². The van der Waals surface area contributed by atoms with Gasteiger partial charge in [0, 0.05) is 7.05 Å². The molecule has 1 saturated carbocycles. The minimum Gasteiger partial charge on any atom is -0.391 e. The molecule has 1 aliphatic rings. The Hall–Kier alpha value is -1.36. The first-order valence-electron chi connectivity index (χ1n) is 6.63. The first kappa shape index (κ1) is 13.1. The van der Waals surface area contributed by atoms with E-state index in [0.717, 1.165) is 37.8 Å². The van der Waals surface area contributed by atoms with Crippen molar-refractivity contribution in [3.05, 3.63) is 17.5 Å². The van der Waals surface area contributed by atoms with Crippen LogP contribution in [0.1, 0.15) is 48.8 Å². The molecule has 0 unspecified atom stereocenters. The predicted octanol–water partition coefficient (Wildman–Crippen LogP) is 1.02. The fraction of sp³-hybridized carbons (Fsp3) is 0.692. The van der Waals surface area contributed by atoms with Crippen molar-refractivity contribution in [2.24, 2.45) is 7.05 Å². The Morgan fingerprint density at radius 2 is 2.28 bits per heavy atom. The first-order chi connectivity index (χ1) is 8.61. The van der Waals surface area contributed by atoms with Crippen molar-refractivity contribution in [3.63, 3.8) is 0 Å². The number of carbonyl (C=O) groups is 1. The quantitative estimate of drug-likeness (QED) is 0.842. The molecule has 18 heavy (non-hydrogen) atoms. The van der Waals surface area contributed by atoms with Crippen LogP contribution in [0, 0.1) is 0 Å². The molecule has 0 saturated heterocycles. The number of aromatic nitrogens is 2. The lowest BCUT2D eigenvalue weighted by molar-refractivity contribution is 0.0710. The topological polar surface area (TPSA) is 67.2 Å². The Morgan fingerprint density at radius 1 is 1.56 bits per heavy atom. The molecule has 5 heteroatoms. The molecule has 1 amide bonds. The van der Waals surface area contributed by atoms with Crippen molar-refractivity contribution in [1.29, 1.82) is 0 Å². The van der Waals surface area contributed by atoms with Crippen LogP contribution in [-0.2, 0) is 13.5 Å². The van der Waals surface area contributed by atoms with Gasteiger partial charge in [0.05, 0.1) is 17.8 Å². The largest absolute Gasteiger partial charge is 0.391 e. The summed E-state index contributed by atoms with van der Waals surface area (Å²) in [7, 11) is 1.77. The molecule has 5 nitrogen and oxygen atoms in total. The van der Waals surface area contributed by atoms with Crippen LogP contribution in [0.4, 0.5) is 0 Å². The number of nitrogens with zero attached hydrogens (tertiary/aromatic N) is 2. The van der Waals surface area contributed by atoms with Crippen LogP contribution in [0.25, 0.3) is 0 Å². The number of rotatable bonds is 3. The van der Waals surface area contributed by atoms with Gasteiger partial charge >= 0.3 is 0 Å². The van der Waals surface area contributed by atoms with Crippen molar-refractivity contribution in [2.75, 3.05) is 0 Å². The van der Waals surface area contributed by atoms with Crippen molar-refractivity contribution >= 4 is 5.91 Å². The second-order valence-electron chi connectivity index (χ2n) is 4.93. The second kappa shape index (κ2) is 5.52. The van der Waals surface area contributed by atoms with Crippen LogP contribution in [0.5, 0.6) is 0 Å². The number of carbonyl (C=O) groups excluding carboxylic acids is 1. The summed E-state index contributed by atoms with van der Waals surface area (Å²) in [6.07, 6.45) is 4.13. The van der Waals surface area contributed by atoms with Crippen LogP contribution in [0.3, 0.4) is 0 Å². The van der Waals surface area contributed by atoms with E-state index in [4.69, 9.17) is 0 Å². The molecule has 0 aromatic carbocycles. The number of amides is 1. The predicted molar refractivity (Wildman–Crippen MR) is 68.3 cm³/mol. The van der Waals surface area contributed by atoms with Gasteiger partial charge in [-0.25, -0.2) is 0 Å². The van der Waals surface area contributed by atoms with E-state index in [2.05, 4.69) is 10.4 Å². The number of nitrogens with one attached hydrogen (secondary N) is 1. The number of hydrogen-bond acceptors (Lipinski definition) is 3. The molecule has 1 aliphatic carbocycles. The van der Waals surface area contributed by atoms with Crippen molar-refractivity contribution < 1.29 is 9.90 Å². The molecule has 100 valence electrons. The standard InChI is InChI=1S/C13H21N3O2/c1-3-9-8-11(16(2)15-9)13(18)14-10-6-4-5-7-12(10)17/h8,10,12,17H,3-7H2,1-2H3,(H,14,18)/t10-,12-/m0/s1. The Morgan fingerprint density at radius 3 is 2.89 bits per heavy atom. The Bertz CT molecular complexity index is 428. The zero-order chi connectivity index (χ0) is 13.1. The van der Waals surface area contributed by atoms with Gasteiger partial charge in [-0.3, -0.25) is 9.48 Å². The molecule has 2 N–H and O–H groups in total. The van der Waals surface area contributed by atoms with E-state index in [1.807, 2.05) is 13.0 Å². The molecular formula is C13H21N3O2. The lowest BCUT2D eigenvalue weighted by Gasteiger charge is -2.28. The van der Waals surface area contributed by atoms with E-state index >= 15 is 0 Å². The average Bonchev–Trinajstić information content (AvgIpc) is 2.73. The summed E-state index contributed by atoms with van der Waals surface area (Å²) in [6, 6.07) is 1.69. The third kappa shape index (κ3) is 2.72. The second-order valence-corrected chi connectivity index (χ2v) is 4.93. The molecular weight excluding hydrogens is 230 g/mol. The highest BCUT2D eigenvalue weighted by Gasteiger charge is 2.25. The van der Waals surface area contributed by atoms with Crippen LogP contribution in [-0.4, -0.2) is 32.9 Å². The summed E-state index contributed by atoms with van der Waals surface area (Å²) in [5.41, 5.74) is 1.47. The van der Waals surface area contributed by atoms with Gasteiger partial charge in [-0.1, -0.05) is 19.8 Å². The number of aryl methyl sites for hydroxylation is 2. The molecule has 1 aromatic heterocycles. The Labute approximate surface area is 107 Å². The lowest BCUT2D eigenvalue weighted by Crippen LogP contribution is -2.45. The van der Waals surface area contributed by atoms with E-state index in [9.17, 15) is 9.90 Å². The van der Waals surface area contributed by atoms with Crippen molar-refractivity contribution in [1.82, 2.24) is 15.1 Å². The number of aliphatic hydroxyl groups excluding tert-OH is 1. The highest BCUT2D eigenvalue weighted by molar-refractivity contribution is 5.92. The maximum absolute atomic E-state index is 12.1. The van der Waals surface area contributed by atoms with Gasteiger partial charge < -0.3 is 10.4 Å². The minimum absolute atomic E-state index is 0.119. The highest BCUT2D eigenvalue weighted by Crippen LogP contribution is 2.18. The normalized spacial score (nSPS) is 23.9. The molecule has 0 spiro atoms. The summed E-state index contributed by atoms with van der Waals surface area (Å²) in [5, 5.41) is 17.0. The molecule has 2 rings (SSSR count). The van der Waals surface area contributed by atoms with E-state index < -0.39 is 6.10 Å². The van der Waals surface area contributed by atoms with Crippen molar-refractivity contribution in [2.45, 2.75) is 51.2 Å². The van der Waals surface area contributed by atoms with Crippen molar-refractivity contribution in [3.8, 4) is 0 Å². The van der Waals surface area contributed by atoms with Crippen LogP contribution >= 0.6 is 0 Å². The Balaban J connectivity index is 2.04. The van der Waals surface area contributed by atoms with Gasteiger partial charge in [-0.05, 0) is 25.3 Å². The molecule has 0 bridgehead atoms. The lowest BCUT2D eigenvalue weighted by atomic mass is 9.92. The molecule has 0 radical (unpaired) electrons. The van der Waals surface area contributed by atoms with Crippen LogP contribution in [0.15, 0.2) is 6.07 Å². The maximum Gasteiger partial charge on any atom is 0.269 e. The molecule has 1 fully saturated rings. The SMILES string of the molecule is CCc1cc(C(=O)N[C@H]2CCCC[C@@H]2O)n(C)n1. The minimum atomic E-state index is -0.415. The fourth-order valence-corrected chi connectivity index (χ4v) is 2.43. The van der Waals surface area contributed by atoms with E-state index in [-0.39, 0.29) is 11.9 Å². The third-order valence-corrected chi connectivity index (χ3v) is 3.57. The number of aliphatic hydroxyl groups is 1. The average molecular weight is 251 g/mol. The van der Waals surface area contributed by atoms with Crippen LogP contribution < -0.4 is 5.32 Å². The summed E-state index contributed by atoms with van der Waals surface area (Å²) in [6.45, 7) is 2.01. The monoisotopic (exact) mass is 251 g/mol. The summed E-state index contributed by atoms with van der Waals surface area (Å²) in [4.78, 5) is 12.1. The van der Waals surface area contributed by atoms with Gasteiger partial charge in [0.15, 0.2) is 0 Å². The Kier molecular flexibility index (Phi) is 4.01. The molecule has 1 heterocycles. The van der Waals surface area contributed by atoms with Crippen LogP contribution in [0.2, 0.25) is 0 Å². The maximum atomic E-state index is 12.1. The smallest absolute Gasteiger partial charge is 0.269 e. The zero-order valence-corrected chi connectivity index (χ0v) is 11.0. The third-order valence-electron chi connectivity index (χ3n) is 3.57. The van der Waals surface area contributed by atoms with E-state index in [1.165, 1.54) is 0 Å². The first-order valence-corrected chi connectivity index (χ1v) is 6.63. The molecule has 1 aromatic rings. The van der Waals surface area contributed by atoms with Gasteiger partial charge in [0.25, 0.3) is 5.91 Å². The van der Waals surface area contributed by atoms with Gasteiger partial charge in [0.2, 0.25) is 0 Å². The molecule has 2 atom stereocenters. The van der Waals surface area contributed by atoms with E-state index in [0.29, 0.717) is 5.69 Å². The molecule has 0 aliphatic heterocycles.